The summed E-state index contributed by atoms with van der Waals surface area (Å²) in [6.07, 6.45) is 1.01. The third-order valence-electron chi connectivity index (χ3n) is 4.22. The predicted molar refractivity (Wildman–Crippen MR) is 93.7 cm³/mol. The van der Waals surface area contributed by atoms with Gasteiger partial charge in [0.15, 0.2) is 0 Å². The summed E-state index contributed by atoms with van der Waals surface area (Å²) in [6.45, 7) is 4.43. The highest BCUT2D eigenvalue weighted by molar-refractivity contribution is 6.30. The van der Waals surface area contributed by atoms with Gasteiger partial charge in [0.25, 0.3) is 5.91 Å². The molecule has 1 amide bonds. The molecule has 0 aliphatic carbocycles. The van der Waals surface area contributed by atoms with Crippen molar-refractivity contribution in [2.75, 3.05) is 26.2 Å². The number of amides is 1. The molecule has 120 valence electrons. The average molecular weight is 329 g/mol. The number of carbonyl (C=O) groups is 1. The standard InChI is InChI=1S/C19H21ClN2O/c20-18-9-7-16(8-10-18)15-21-11-4-12-22(14-13-21)19(23)17-5-2-1-3-6-17/h1-3,5-10H,4,11-15H2. The van der Waals surface area contributed by atoms with Gasteiger partial charge in [-0.3, -0.25) is 9.69 Å². The SMILES string of the molecule is O=C(c1ccccc1)N1CCCN(Cc2ccc(Cl)cc2)CC1. The second-order valence-corrected chi connectivity index (χ2v) is 6.35. The van der Waals surface area contributed by atoms with Gasteiger partial charge in [-0.05, 0) is 36.2 Å². The maximum Gasteiger partial charge on any atom is 0.253 e. The van der Waals surface area contributed by atoms with Crippen LogP contribution >= 0.6 is 11.6 Å². The largest absolute Gasteiger partial charge is 0.337 e. The van der Waals surface area contributed by atoms with Crippen molar-refractivity contribution < 1.29 is 4.79 Å². The Kier molecular flexibility index (Phi) is 5.31. The normalized spacial score (nSPS) is 16.1. The molecule has 0 bridgehead atoms. The molecule has 1 aliphatic heterocycles. The van der Waals surface area contributed by atoms with Crippen LogP contribution in [0.25, 0.3) is 0 Å². The van der Waals surface area contributed by atoms with Gasteiger partial charge in [0.2, 0.25) is 0 Å². The van der Waals surface area contributed by atoms with Gasteiger partial charge in [0.1, 0.15) is 0 Å². The average Bonchev–Trinajstić information content (AvgIpc) is 2.83. The summed E-state index contributed by atoms with van der Waals surface area (Å²) in [5.41, 5.74) is 2.04. The van der Waals surface area contributed by atoms with Crippen LogP contribution in [0.15, 0.2) is 54.6 Å². The van der Waals surface area contributed by atoms with Crippen molar-refractivity contribution in [1.82, 2.24) is 9.80 Å². The van der Waals surface area contributed by atoms with Crippen LogP contribution in [0, 0.1) is 0 Å². The Morgan fingerprint density at radius 1 is 0.913 bits per heavy atom. The maximum absolute atomic E-state index is 12.5. The van der Waals surface area contributed by atoms with E-state index in [0.29, 0.717) is 0 Å². The molecule has 0 aromatic heterocycles. The van der Waals surface area contributed by atoms with Crippen molar-refractivity contribution in [2.24, 2.45) is 0 Å². The highest BCUT2D eigenvalue weighted by atomic mass is 35.5. The van der Waals surface area contributed by atoms with Gasteiger partial charge >= 0.3 is 0 Å². The van der Waals surface area contributed by atoms with Crippen LogP contribution in [0.3, 0.4) is 0 Å². The molecule has 2 aromatic carbocycles. The van der Waals surface area contributed by atoms with Crippen molar-refractivity contribution in [1.29, 1.82) is 0 Å². The van der Waals surface area contributed by atoms with E-state index in [-0.39, 0.29) is 5.91 Å². The van der Waals surface area contributed by atoms with Crippen LogP contribution in [0.5, 0.6) is 0 Å². The lowest BCUT2D eigenvalue weighted by Crippen LogP contribution is -2.35. The molecule has 3 rings (SSSR count). The Morgan fingerprint density at radius 2 is 1.65 bits per heavy atom. The Balaban J connectivity index is 1.59. The van der Waals surface area contributed by atoms with Crippen LogP contribution < -0.4 is 0 Å². The molecule has 0 spiro atoms. The van der Waals surface area contributed by atoms with E-state index < -0.39 is 0 Å². The lowest BCUT2D eigenvalue weighted by Gasteiger charge is -2.22. The van der Waals surface area contributed by atoms with Crippen molar-refractivity contribution in [3.63, 3.8) is 0 Å². The smallest absolute Gasteiger partial charge is 0.253 e. The molecule has 23 heavy (non-hydrogen) atoms. The Bertz CT molecular complexity index is 642. The molecule has 1 heterocycles. The number of carbonyl (C=O) groups excluding carboxylic acids is 1. The first-order valence-corrected chi connectivity index (χ1v) is 8.41. The summed E-state index contributed by atoms with van der Waals surface area (Å²) in [5.74, 6) is 0.138. The fourth-order valence-electron chi connectivity index (χ4n) is 2.94. The lowest BCUT2D eigenvalue weighted by molar-refractivity contribution is 0.0761. The second-order valence-electron chi connectivity index (χ2n) is 5.91. The maximum atomic E-state index is 12.5. The Labute approximate surface area is 142 Å². The molecule has 3 nitrogen and oxygen atoms in total. The van der Waals surface area contributed by atoms with Crippen molar-refractivity contribution in [3.8, 4) is 0 Å². The number of nitrogens with zero attached hydrogens (tertiary/aromatic N) is 2. The minimum atomic E-state index is 0.138. The fraction of sp³-hybridized carbons (Fsp3) is 0.316. The molecule has 1 saturated heterocycles. The number of rotatable bonds is 3. The van der Waals surface area contributed by atoms with Gasteiger partial charge < -0.3 is 4.90 Å². The second kappa shape index (κ2) is 7.62. The van der Waals surface area contributed by atoms with E-state index in [4.69, 9.17) is 11.6 Å². The molecule has 4 heteroatoms. The third-order valence-corrected chi connectivity index (χ3v) is 4.47. The number of halogens is 1. The van der Waals surface area contributed by atoms with Gasteiger partial charge in [-0.15, -0.1) is 0 Å². The summed E-state index contributed by atoms with van der Waals surface area (Å²) in [4.78, 5) is 16.9. The van der Waals surface area contributed by atoms with E-state index >= 15 is 0 Å². The Hall–Kier alpha value is -1.84. The number of benzene rings is 2. The zero-order valence-corrected chi connectivity index (χ0v) is 13.9. The van der Waals surface area contributed by atoms with Crippen LogP contribution in [0.4, 0.5) is 0 Å². The molecular formula is C19H21ClN2O. The van der Waals surface area contributed by atoms with Crippen LogP contribution in [-0.4, -0.2) is 41.9 Å². The van der Waals surface area contributed by atoms with Gasteiger partial charge in [-0.25, -0.2) is 0 Å². The topological polar surface area (TPSA) is 23.6 Å². The number of hydrogen-bond donors (Lipinski definition) is 0. The third kappa shape index (κ3) is 4.34. The van der Waals surface area contributed by atoms with E-state index in [1.54, 1.807) is 0 Å². The van der Waals surface area contributed by atoms with E-state index in [1.165, 1.54) is 5.56 Å². The van der Waals surface area contributed by atoms with Gasteiger partial charge in [-0.1, -0.05) is 41.9 Å². The van der Waals surface area contributed by atoms with Gasteiger partial charge in [0, 0.05) is 43.3 Å². The molecule has 1 fully saturated rings. The molecule has 0 unspecified atom stereocenters. The van der Waals surface area contributed by atoms with Gasteiger partial charge in [0.05, 0.1) is 0 Å². The van der Waals surface area contributed by atoms with Crippen LogP contribution in [-0.2, 0) is 6.54 Å². The molecule has 1 aliphatic rings. The summed E-state index contributed by atoms with van der Waals surface area (Å²) in [7, 11) is 0. The summed E-state index contributed by atoms with van der Waals surface area (Å²) in [5, 5.41) is 0.768. The van der Waals surface area contributed by atoms with Crippen molar-refractivity contribution in [3.05, 3.63) is 70.7 Å². The molecule has 0 saturated carbocycles. The zero-order valence-electron chi connectivity index (χ0n) is 13.1. The molecule has 0 atom stereocenters. The fourth-order valence-corrected chi connectivity index (χ4v) is 3.07. The zero-order chi connectivity index (χ0) is 16.1. The predicted octanol–water partition coefficient (Wildman–Crippen LogP) is 3.69. The van der Waals surface area contributed by atoms with Crippen molar-refractivity contribution >= 4 is 17.5 Å². The first-order chi connectivity index (χ1) is 11.2. The van der Waals surface area contributed by atoms with Crippen LogP contribution in [0.2, 0.25) is 5.02 Å². The quantitative estimate of drug-likeness (QED) is 0.858. The van der Waals surface area contributed by atoms with E-state index in [2.05, 4.69) is 17.0 Å². The number of hydrogen-bond acceptors (Lipinski definition) is 2. The monoisotopic (exact) mass is 328 g/mol. The highest BCUT2D eigenvalue weighted by Crippen LogP contribution is 2.14. The summed E-state index contributed by atoms with van der Waals surface area (Å²) >= 11 is 5.93. The molecule has 0 N–H and O–H groups in total. The minimum absolute atomic E-state index is 0.138. The highest BCUT2D eigenvalue weighted by Gasteiger charge is 2.20. The first kappa shape index (κ1) is 16.0. The lowest BCUT2D eigenvalue weighted by atomic mass is 10.2. The minimum Gasteiger partial charge on any atom is -0.337 e. The van der Waals surface area contributed by atoms with Crippen LogP contribution in [0.1, 0.15) is 22.3 Å². The van der Waals surface area contributed by atoms with E-state index in [9.17, 15) is 4.79 Å². The van der Waals surface area contributed by atoms with E-state index in [1.807, 2.05) is 47.4 Å². The molecule has 0 radical (unpaired) electrons. The summed E-state index contributed by atoms with van der Waals surface area (Å²) in [6, 6.07) is 17.5. The Morgan fingerprint density at radius 3 is 2.39 bits per heavy atom. The summed E-state index contributed by atoms with van der Waals surface area (Å²) < 4.78 is 0. The first-order valence-electron chi connectivity index (χ1n) is 8.03. The molecular weight excluding hydrogens is 308 g/mol. The van der Waals surface area contributed by atoms with E-state index in [0.717, 1.165) is 49.7 Å². The van der Waals surface area contributed by atoms with Gasteiger partial charge in [-0.2, -0.15) is 0 Å². The van der Waals surface area contributed by atoms with Crippen molar-refractivity contribution in [2.45, 2.75) is 13.0 Å². The molecule has 2 aromatic rings.